The van der Waals surface area contributed by atoms with Crippen molar-refractivity contribution in [3.05, 3.63) is 58.9 Å². The largest absolute Gasteiger partial charge is 0.476 e. The minimum Gasteiger partial charge on any atom is -0.476 e. The highest BCUT2D eigenvalue weighted by molar-refractivity contribution is 5.87. The lowest BCUT2D eigenvalue weighted by molar-refractivity contribution is 0.0686. The van der Waals surface area contributed by atoms with Crippen molar-refractivity contribution < 1.29 is 14.4 Å². The molecule has 0 saturated carbocycles. The molecule has 100 valence electrons. The van der Waals surface area contributed by atoms with Crippen LogP contribution in [0.15, 0.2) is 52.0 Å². The van der Waals surface area contributed by atoms with Crippen molar-refractivity contribution in [3.8, 4) is 17.0 Å². The molecular weight excluding hydrogens is 262 g/mol. The third kappa shape index (κ3) is 1.91. The molecule has 3 rings (SSSR count). The number of carboxylic acids is 1. The Kier molecular flexibility index (Phi) is 2.72. The molecule has 0 fully saturated rings. The number of hydrogen-bond donors (Lipinski definition) is 2. The van der Waals surface area contributed by atoms with Crippen molar-refractivity contribution >= 4 is 5.97 Å². The molecule has 20 heavy (non-hydrogen) atoms. The first-order chi connectivity index (χ1) is 9.66. The number of para-hydroxylation sites is 1. The number of rotatable bonds is 3. The summed E-state index contributed by atoms with van der Waals surface area (Å²) in [7, 11) is 0. The van der Waals surface area contributed by atoms with Crippen LogP contribution in [0.1, 0.15) is 10.5 Å². The highest BCUT2D eigenvalue weighted by atomic mass is 16.5. The number of aromatic amines is 1. The monoisotopic (exact) mass is 271 g/mol. The van der Waals surface area contributed by atoms with Crippen molar-refractivity contribution in [1.29, 1.82) is 0 Å². The molecule has 3 aromatic rings. The molecule has 1 aromatic carbocycles. The number of aromatic carboxylic acids is 1. The number of carboxylic acid groups (broad SMARTS) is 1. The van der Waals surface area contributed by atoms with Crippen LogP contribution in [0.3, 0.4) is 0 Å². The van der Waals surface area contributed by atoms with Gasteiger partial charge in [0.2, 0.25) is 0 Å². The first kappa shape index (κ1) is 12.0. The Morgan fingerprint density at radius 3 is 2.80 bits per heavy atom. The Labute approximate surface area is 112 Å². The summed E-state index contributed by atoms with van der Waals surface area (Å²) in [5.41, 5.74) is 0.674. The number of benzene rings is 1. The van der Waals surface area contributed by atoms with Crippen molar-refractivity contribution in [1.82, 2.24) is 14.7 Å². The predicted octanol–water partition coefficient (Wildman–Crippen LogP) is 1.52. The van der Waals surface area contributed by atoms with E-state index in [1.807, 2.05) is 0 Å². The van der Waals surface area contributed by atoms with E-state index in [1.54, 1.807) is 30.5 Å². The number of nitrogens with one attached hydrogen (secondary N) is 1. The Morgan fingerprint density at radius 1 is 1.35 bits per heavy atom. The lowest BCUT2D eigenvalue weighted by Gasteiger charge is -2.05. The van der Waals surface area contributed by atoms with Gasteiger partial charge in [-0.15, -0.1) is 0 Å². The number of imidazole rings is 1. The number of H-pyrrole nitrogens is 1. The standard InChI is InChI=1S/C13H9N3O4/c17-12(18)9-7-11(20-15-9)8-3-1-2-4-10(8)16-6-5-14-13(16)19/h1-7H,(H,14,19)(H,17,18). The molecule has 0 atom stereocenters. The summed E-state index contributed by atoms with van der Waals surface area (Å²) in [4.78, 5) is 25.1. The highest BCUT2D eigenvalue weighted by Gasteiger charge is 2.16. The Bertz CT molecular complexity index is 828. The molecule has 0 bridgehead atoms. The van der Waals surface area contributed by atoms with Crippen molar-refractivity contribution in [2.75, 3.05) is 0 Å². The fraction of sp³-hybridized carbons (Fsp3) is 0. The molecule has 0 aliphatic rings. The fourth-order valence-electron chi connectivity index (χ4n) is 1.91. The average Bonchev–Trinajstić information content (AvgIpc) is 3.07. The molecule has 2 N–H and O–H groups in total. The SMILES string of the molecule is O=C(O)c1cc(-c2ccccc2-n2cc[nH]c2=O)on1. The molecular formula is C13H9N3O4. The quantitative estimate of drug-likeness (QED) is 0.752. The molecule has 2 heterocycles. The van der Waals surface area contributed by atoms with Gasteiger partial charge in [0.15, 0.2) is 11.5 Å². The van der Waals surface area contributed by atoms with Crippen LogP contribution >= 0.6 is 0 Å². The second-order valence-electron chi connectivity index (χ2n) is 4.03. The second kappa shape index (κ2) is 4.54. The van der Waals surface area contributed by atoms with Gasteiger partial charge < -0.3 is 14.6 Å². The summed E-state index contributed by atoms with van der Waals surface area (Å²) in [6, 6.07) is 8.31. The van der Waals surface area contributed by atoms with Crippen LogP contribution in [0.4, 0.5) is 0 Å². The zero-order valence-corrected chi connectivity index (χ0v) is 10.1. The fourth-order valence-corrected chi connectivity index (χ4v) is 1.91. The van der Waals surface area contributed by atoms with Crippen molar-refractivity contribution in [3.63, 3.8) is 0 Å². The summed E-state index contributed by atoms with van der Waals surface area (Å²) >= 11 is 0. The third-order valence-corrected chi connectivity index (χ3v) is 2.81. The molecule has 0 saturated heterocycles. The minimum atomic E-state index is -1.17. The third-order valence-electron chi connectivity index (χ3n) is 2.81. The molecule has 0 amide bonds. The lowest BCUT2D eigenvalue weighted by Crippen LogP contribution is -2.14. The summed E-state index contributed by atoms with van der Waals surface area (Å²) < 4.78 is 6.44. The predicted molar refractivity (Wildman–Crippen MR) is 68.8 cm³/mol. The van der Waals surface area contributed by atoms with Crippen LogP contribution in [0.25, 0.3) is 17.0 Å². The van der Waals surface area contributed by atoms with E-state index in [2.05, 4.69) is 10.1 Å². The summed E-state index contributed by atoms with van der Waals surface area (Å²) in [6.45, 7) is 0. The topological polar surface area (TPSA) is 101 Å². The van der Waals surface area contributed by atoms with Crippen LogP contribution < -0.4 is 5.69 Å². The van der Waals surface area contributed by atoms with Gasteiger partial charge in [0.1, 0.15) is 0 Å². The van der Waals surface area contributed by atoms with E-state index in [1.165, 1.54) is 16.8 Å². The van der Waals surface area contributed by atoms with Crippen molar-refractivity contribution in [2.45, 2.75) is 0 Å². The van der Waals surface area contributed by atoms with Gasteiger partial charge in [0, 0.05) is 24.0 Å². The molecule has 0 radical (unpaired) electrons. The van der Waals surface area contributed by atoms with Crippen LogP contribution in [0.5, 0.6) is 0 Å². The summed E-state index contributed by atoms with van der Waals surface area (Å²) in [5, 5.41) is 12.3. The molecule has 0 aliphatic heterocycles. The van der Waals surface area contributed by atoms with Gasteiger partial charge in [-0.25, -0.2) is 9.59 Å². The van der Waals surface area contributed by atoms with Gasteiger partial charge in [-0.2, -0.15) is 0 Å². The highest BCUT2D eigenvalue weighted by Crippen LogP contribution is 2.26. The van der Waals surface area contributed by atoms with Crippen LogP contribution in [-0.4, -0.2) is 25.8 Å². The van der Waals surface area contributed by atoms with E-state index in [-0.39, 0.29) is 17.1 Å². The van der Waals surface area contributed by atoms with Crippen LogP contribution in [0, 0.1) is 0 Å². The van der Waals surface area contributed by atoms with E-state index in [4.69, 9.17) is 9.63 Å². The van der Waals surface area contributed by atoms with E-state index in [0.29, 0.717) is 11.3 Å². The zero-order valence-electron chi connectivity index (χ0n) is 10.1. The molecule has 0 spiro atoms. The van der Waals surface area contributed by atoms with Gasteiger partial charge in [0.05, 0.1) is 5.69 Å². The van der Waals surface area contributed by atoms with Gasteiger partial charge in [-0.3, -0.25) is 4.57 Å². The van der Waals surface area contributed by atoms with E-state index in [0.717, 1.165) is 0 Å². The Balaban J connectivity index is 2.17. The average molecular weight is 271 g/mol. The Hall–Kier alpha value is -3.09. The second-order valence-corrected chi connectivity index (χ2v) is 4.03. The van der Waals surface area contributed by atoms with E-state index < -0.39 is 5.97 Å². The smallest absolute Gasteiger partial charge is 0.358 e. The first-order valence-electron chi connectivity index (χ1n) is 5.72. The van der Waals surface area contributed by atoms with Gasteiger partial charge in [0.25, 0.3) is 0 Å². The van der Waals surface area contributed by atoms with E-state index in [9.17, 15) is 9.59 Å². The lowest BCUT2D eigenvalue weighted by atomic mass is 10.1. The molecule has 0 aliphatic carbocycles. The normalized spacial score (nSPS) is 10.6. The summed E-state index contributed by atoms with van der Waals surface area (Å²) in [6.07, 6.45) is 3.10. The maximum atomic E-state index is 11.7. The first-order valence-corrected chi connectivity index (χ1v) is 5.72. The van der Waals surface area contributed by atoms with Crippen molar-refractivity contribution in [2.24, 2.45) is 0 Å². The maximum Gasteiger partial charge on any atom is 0.358 e. The molecule has 0 unspecified atom stereocenters. The van der Waals surface area contributed by atoms with Crippen LogP contribution in [0.2, 0.25) is 0 Å². The van der Waals surface area contributed by atoms with Gasteiger partial charge in [-0.05, 0) is 12.1 Å². The molecule has 2 aromatic heterocycles. The number of carbonyl (C=O) groups is 1. The van der Waals surface area contributed by atoms with Gasteiger partial charge in [-0.1, -0.05) is 17.3 Å². The Morgan fingerprint density at radius 2 is 2.15 bits per heavy atom. The number of hydrogen-bond acceptors (Lipinski definition) is 4. The number of nitrogens with zero attached hydrogens (tertiary/aromatic N) is 2. The van der Waals surface area contributed by atoms with Gasteiger partial charge >= 0.3 is 11.7 Å². The molecule has 7 heteroatoms. The maximum absolute atomic E-state index is 11.7. The zero-order chi connectivity index (χ0) is 14.1. The summed E-state index contributed by atoms with van der Waals surface area (Å²) in [5.74, 6) is -0.887. The minimum absolute atomic E-state index is 0.184. The number of aromatic nitrogens is 3. The molecule has 7 nitrogen and oxygen atoms in total. The van der Waals surface area contributed by atoms with E-state index >= 15 is 0 Å². The van der Waals surface area contributed by atoms with Crippen LogP contribution in [-0.2, 0) is 0 Å².